The van der Waals surface area contributed by atoms with Crippen LogP contribution in [0.25, 0.3) is 4.85 Å². The van der Waals surface area contributed by atoms with Gasteiger partial charge in [0, 0.05) is 18.6 Å². The molecule has 0 atom stereocenters. The molecular weight excluding hydrogens is 208 g/mol. The second kappa shape index (κ2) is 6.44. The van der Waals surface area contributed by atoms with Crippen molar-refractivity contribution in [3.63, 3.8) is 0 Å². The summed E-state index contributed by atoms with van der Waals surface area (Å²) in [5, 5.41) is 0. The molecular formula is C15H16N2+2. The van der Waals surface area contributed by atoms with Crippen LogP contribution in [0.1, 0.15) is 5.56 Å². The SMILES string of the molecule is C(C[n+]1ccccc1)#[N+]CCc1ccccc1. The molecule has 17 heavy (non-hydrogen) atoms. The number of aromatic nitrogens is 1. The Morgan fingerprint density at radius 3 is 2.41 bits per heavy atom. The van der Waals surface area contributed by atoms with Gasteiger partial charge in [-0.05, 0) is 5.56 Å². The maximum Gasteiger partial charge on any atom is 0.346 e. The molecule has 2 aromatic rings. The van der Waals surface area contributed by atoms with E-state index in [1.54, 1.807) is 0 Å². The van der Waals surface area contributed by atoms with E-state index < -0.39 is 0 Å². The van der Waals surface area contributed by atoms with Crippen molar-refractivity contribution in [3.05, 3.63) is 71.3 Å². The van der Waals surface area contributed by atoms with E-state index in [1.165, 1.54) is 5.56 Å². The van der Waals surface area contributed by atoms with Crippen molar-refractivity contribution < 1.29 is 4.57 Å². The molecule has 2 heteroatoms. The molecule has 0 saturated carbocycles. The zero-order valence-corrected chi connectivity index (χ0v) is 9.79. The smallest absolute Gasteiger partial charge is 0.187 e. The summed E-state index contributed by atoms with van der Waals surface area (Å²) in [5.41, 5.74) is 1.32. The van der Waals surface area contributed by atoms with Crippen LogP contribution in [0.2, 0.25) is 0 Å². The molecule has 0 unspecified atom stereocenters. The lowest BCUT2D eigenvalue weighted by atomic mass is 10.2. The van der Waals surface area contributed by atoms with E-state index >= 15 is 0 Å². The molecule has 0 aliphatic rings. The van der Waals surface area contributed by atoms with Gasteiger partial charge < -0.3 is 0 Å². The molecule has 2 rings (SSSR count). The third kappa shape index (κ3) is 4.08. The molecule has 1 aromatic heterocycles. The summed E-state index contributed by atoms with van der Waals surface area (Å²) in [4.78, 5) is 4.29. The molecule has 0 radical (unpaired) electrons. The fourth-order valence-electron chi connectivity index (χ4n) is 1.58. The average molecular weight is 224 g/mol. The molecule has 0 fully saturated rings. The lowest BCUT2D eigenvalue weighted by Crippen LogP contribution is -2.31. The zero-order chi connectivity index (χ0) is 11.8. The van der Waals surface area contributed by atoms with Crippen molar-refractivity contribution >= 4 is 0 Å². The van der Waals surface area contributed by atoms with E-state index in [9.17, 15) is 0 Å². The van der Waals surface area contributed by atoms with Crippen molar-refractivity contribution in [2.45, 2.75) is 13.0 Å². The Labute approximate surface area is 102 Å². The van der Waals surface area contributed by atoms with Crippen molar-refractivity contribution in [3.8, 4) is 6.07 Å². The number of nitrogens with zero attached hydrogens (tertiary/aromatic N) is 2. The molecule has 1 aromatic carbocycles. The van der Waals surface area contributed by atoms with E-state index in [0.29, 0.717) is 0 Å². The predicted octanol–water partition coefficient (Wildman–Crippen LogP) is 2.55. The van der Waals surface area contributed by atoms with Crippen LogP contribution in [-0.4, -0.2) is 6.54 Å². The first-order chi connectivity index (χ1) is 8.45. The van der Waals surface area contributed by atoms with Gasteiger partial charge in [-0.2, -0.15) is 4.57 Å². The van der Waals surface area contributed by atoms with Gasteiger partial charge in [-0.3, -0.25) is 0 Å². The van der Waals surface area contributed by atoms with Crippen LogP contribution in [-0.2, 0) is 13.0 Å². The normalized spacial score (nSPS) is 9.41. The molecule has 1 heterocycles. The van der Waals surface area contributed by atoms with Gasteiger partial charge in [-0.25, -0.2) is 0 Å². The van der Waals surface area contributed by atoms with Gasteiger partial charge in [-0.15, -0.1) is 0 Å². The first-order valence-corrected chi connectivity index (χ1v) is 5.82. The standard InChI is InChI=1S/C15H16N2/c1-3-7-15(8-4-1)9-10-16-11-14-17-12-5-2-6-13-17/h1-8,12-13H,9-10,14H2/q+2. The molecule has 84 valence electrons. The first-order valence-electron chi connectivity index (χ1n) is 5.82. The molecule has 2 nitrogen and oxygen atoms in total. The van der Waals surface area contributed by atoms with Crippen LogP contribution in [0.3, 0.4) is 0 Å². The minimum absolute atomic E-state index is 0.718. The molecule has 0 spiro atoms. The van der Waals surface area contributed by atoms with E-state index in [4.69, 9.17) is 0 Å². The highest BCUT2D eigenvalue weighted by Crippen LogP contribution is 1.98. The molecule has 0 bridgehead atoms. The average Bonchev–Trinajstić information content (AvgIpc) is 2.41. The number of hydrogen-bond acceptors (Lipinski definition) is 0. The third-order valence-corrected chi connectivity index (χ3v) is 2.50. The maximum atomic E-state index is 4.29. The molecule has 0 N–H and O–H groups in total. The van der Waals surface area contributed by atoms with Gasteiger partial charge in [0.1, 0.15) is 0 Å². The van der Waals surface area contributed by atoms with Gasteiger partial charge in [0.25, 0.3) is 13.1 Å². The van der Waals surface area contributed by atoms with E-state index in [-0.39, 0.29) is 0 Å². The van der Waals surface area contributed by atoms with Gasteiger partial charge in [0.05, 0.1) is 0 Å². The summed E-state index contributed by atoms with van der Waals surface area (Å²) in [7, 11) is 0. The van der Waals surface area contributed by atoms with Crippen LogP contribution in [0.4, 0.5) is 0 Å². The minimum Gasteiger partial charge on any atom is -0.187 e. The number of benzene rings is 1. The highest BCUT2D eigenvalue weighted by Gasteiger charge is 1.99. The summed E-state index contributed by atoms with van der Waals surface area (Å²) < 4.78 is 2.05. The van der Waals surface area contributed by atoms with Crippen molar-refractivity contribution in [1.29, 1.82) is 0 Å². The fourth-order valence-corrected chi connectivity index (χ4v) is 1.58. The Kier molecular flexibility index (Phi) is 4.30. The van der Waals surface area contributed by atoms with E-state index in [0.717, 1.165) is 19.5 Å². The van der Waals surface area contributed by atoms with Gasteiger partial charge in [0.2, 0.25) is 0 Å². The number of hydrogen-bond donors (Lipinski definition) is 0. The summed E-state index contributed by atoms with van der Waals surface area (Å²) in [5.74, 6) is 0. The summed E-state index contributed by atoms with van der Waals surface area (Å²) in [6.45, 7) is 1.52. The van der Waals surface area contributed by atoms with Crippen LogP contribution in [0, 0.1) is 6.07 Å². The molecule has 0 aliphatic carbocycles. The Morgan fingerprint density at radius 2 is 1.65 bits per heavy atom. The highest BCUT2D eigenvalue weighted by molar-refractivity contribution is 5.15. The minimum atomic E-state index is 0.718. The third-order valence-electron chi connectivity index (χ3n) is 2.50. The van der Waals surface area contributed by atoms with E-state index in [1.807, 2.05) is 41.2 Å². The van der Waals surface area contributed by atoms with Gasteiger partial charge in [0.15, 0.2) is 12.4 Å². The fraction of sp³-hybridized carbons (Fsp3) is 0.200. The lowest BCUT2D eigenvalue weighted by molar-refractivity contribution is -0.684. The molecule has 0 saturated heterocycles. The Balaban J connectivity index is 1.76. The topological polar surface area (TPSA) is 8.24 Å². The van der Waals surface area contributed by atoms with Crippen LogP contribution in [0.15, 0.2) is 60.9 Å². The molecule has 0 aliphatic heterocycles. The second-order valence-corrected chi connectivity index (χ2v) is 3.82. The highest BCUT2D eigenvalue weighted by atomic mass is 14.9. The van der Waals surface area contributed by atoms with Crippen LogP contribution >= 0.6 is 0 Å². The summed E-state index contributed by atoms with van der Waals surface area (Å²) >= 11 is 0. The Hall–Kier alpha value is -2.14. The summed E-state index contributed by atoms with van der Waals surface area (Å²) in [6.07, 6.45) is 5.01. The van der Waals surface area contributed by atoms with Crippen LogP contribution < -0.4 is 4.57 Å². The van der Waals surface area contributed by atoms with Gasteiger partial charge >= 0.3 is 6.07 Å². The number of rotatable bonds is 3. The zero-order valence-electron chi connectivity index (χ0n) is 9.79. The maximum absolute atomic E-state index is 4.29. The van der Waals surface area contributed by atoms with E-state index in [2.05, 4.69) is 35.2 Å². The first kappa shape index (κ1) is 11.3. The number of pyridine rings is 1. The second-order valence-electron chi connectivity index (χ2n) is 3.82. The largest absolute Gasteiger partial charge is 0.346 e. The molecule has 0 amide bonds. The monoisotopic (exact) mass is 224 g/mol. The van der Waals surface area contributed by atoms with Crippen molar-refractivity contribution in [1.82, 2.24) is 0 Å². The van der Waals surface area contributed by atoms with Gasteiger partial charge in [-0.1, -0.05) is 41.2 Å². The Bertz CT molecular complexity index is 495. The quantitative estimate of drug-likeness (QED) is 0.708. The summed E-state index contributed by atoms with van der Waals surface area (Å²) in [6, 6.07) is 19.5. The Morgan fingerprint density at radius 1 is 0.941 bits per heavy atom. The van der Waals surface area contributed by atoms with Crippen molar-refractivity contribution in [2.75, 3.05) is 6.54 Å². The predicted molar refractivity (Wildman–Crippen MR) is 68.9 cm³/mol. The van der Waals surface area contributed by atoms with Crippen molar-refractivity contribution in [2.24, 2.45) is 0 Å². The lowest BCUT2D eigenvalue weighted by Gasteiger charge is -1.90. The van der Waals surface area contributed by atoms with Crippen LogP contribution in [0.5, 0.6) is 0 Å².